The lowest BCUT2D eigenvalue weighted by molar-refractivity contribution is 0.0220. The number of hydrogen-bond donors (Lipinski definition) is 3. The standard InChI is InChI=1S/C13H19NO3/c1-2-17-12-5-9(3-4-11(12)16)13(8-14)6-10(15)7-13/h3-5,10,15-16H,2,6-8,14H2,1H3. The molecule has 0 radical (unpaired) electrons. The Labute approximate surface area is 101 Å². The highest BCUT2D eigenvalue weighted by molar-refractivity contribution is 5.45. The third-order valence-electron chi connectivity index (χ3n) is 3.52. The van der Waals surface area contributed by atoms with Crippen molar-refractivity contribution < 1.29 is 14.9 Å². The first-order valence-electron chi connectivity index (χ1n) is 5.96. The number of phenols is 1. The van der Waals surface area contributed by atoms with E-state index in [9.17, 15) is 10.2 Å². The summed E-state index contributed by atoms with van der Waals surface area (Å²) in [6.45, 7) is 2.88. The average Bonchev–Trinajstić information content (AvgIpc) is 2.28. The molecule has 0 saturated heterocycles. The Morgan fingerprint density at radius 3 is 2.71 bits per heavy atom. The summed E-state index contributed by atoms with van der Waals surface area (Å²) in [4.78, 5) is 0. The molecule has 0 aromatic heterocycles. The summed E-state index contributed by atoms with van der Waals surface area (Å²) in [6.07, 6.45) is 1.10. The van der Waals surface area contributed by atoms with Gasteiger partial charge < -0.3 is 20.7 Å². The molecule has 1 aromatic rings. The van der Waals surface area contributed by atoms with Crippen molar-refractivity contribution in [2.45, 2.75) is 31.3 Å². The summed E-state index contributed by atoms with van der Waals surface area (Å²) in [7, 11) is 0. The van der Waals surface area contributed by atoms with Crippen LogP contribution in [-0.4, -0.2) is 29.5 Å². The van der Waals surface area contributed by atoms with Gasteiger partial charge >= 0.3 is 0 Å². The molecule has 0 amide bonds. The second-order valence-electron chi connectivity index (χ2n) is 4.66. The van der Waals surface area contributed by atoms with Gasteiger partial charge in [0.2, 0.25) is 0 Å². The van der Waals surface area contributed by atoms with Crippen LogP contribution in [0.2, 0.25) is 0 Å². The smallest absolute Gasteiger partial charge is 0.161 e. The number of aliphatic hydroxyl groups is 1. The summed E-state index contributed by atoms with van der Waals surface area (Å²) < 4.78 is 5.36. The van der Waals surface area contributed by atoms with E-state index in [1.165, 1.54) is 0 Å². The van der Waals surface area contributed by atoms with Crippen molar-refractivity contribution in [1.29, 1.82) is 0 Å². The normalized spacial score (nSPS) is 27.6. The van der Waals surface area contributed by atoms with Crippen molar-refractivity contribution in [3.63, 3.8) is 0 Å². The molecule has 17 heavy (non-hydrogen) atoms. The molecular weight excluding hydrogens is 218 g/mol. The van der Waals surface area contributed by atoms with Crippen LogP contribution >= 0.6 is 0 Å². The second-order valence-corrected chi connectivity index (χ2v) is 4.66. The van der Waals surface area contributed by atoms with E-state index >= 15 is 0 Å². The van der Waals surface area contributed by atoms with Crippen molar-refractivity contribution in [2.24, 2.45) is 5.73 Å². The number of nitrogens with two attached hydrogens (primary N) is 1. The maximum absolute atomic E-state index is 9.64. The van der Waals surface area contributed by atoms with Gasteiger partial charge in [0.25, 0.3) is 0 Å². The van der Waals surface area contributed by atoms with E-state index in [4.69, 9.17) is 10.5 Å². The van der Waals surface area contributed by atoms with Crippen molar-refractivity contribution in [3.8, 4) is 11.5 Å². The van der Waals surface area contributed by atoms with Crippen LogP contribution in [0.3, 0.4) is 0 Å². The second kappa shape index (κ2) is 4.55. The minimum absolute atomic E-state index is 0.141. The molecule has 4 nitrogen and oxygen atoms in total. The van der Waals surface area contributed by atoms with Crippen LogP contribution in [0.15, 0.2) is 18.2 Å². The van der Waals surface area contributed by atoms with Gasteiger partial charge in [-0.3, -0.25) is 0 Å². The van der Waals surface area contributed by atoms with E-state index in [-0.39, 0.29) is 17.3 Å². The van der Waals surface area contributed by atoms with Crippen LogP contribution in [-0.2, 0) is 5.41 Å². The van der Waals surface area contributed by atoms with E-state index < -0.39 is 0 Å². The SMILES string of the molecule is CCOc1cc(C2(CN)CC(O)C2)ccc1O. The number of benzene rings is 1. The monoisotopic (exact) mass is 237 g/mol. The highest BCUT2D eigenvalue weighted by Crippen LogP contribution is 2.45. The Balaban J connectivity index is 2.29. The Bertz CT molecular complexity index is 400. The Kier molecular flexibility index (Phi) is 3.26. The predicted molar refractivity (Wildman–Crippen MR) is 65.2 cm³/mol. The van der Waals surface area contributed by atoms with Gasteiger partial charge in [-0.05, 0) is 37.5 Å². The highest BCUT2D eigenvalue weighted by atomic mass is 16.5. The number of aromatic hydroxyl groups is 1. The van der Waals surface area contributed by atoms with Crippen LogP contribution < -0.4 is 10.5 Å². The maximum atomic E-state index is 9.64. The molecule has 0 spiro atoms. The van der Waals surface area contributed by atoms with E-state index in [0.29, 0.717) is 31.7 Å². The van der Waals surface area contributed by atoms with Gasteiger partial charge in [0.1, 0.15) is 0 Å². The number of rotatable bonds is 4. The van der Waals surface area contributed by atoms with Crippen LogP contribution in [0.25, 0.3) is 0 Å². The molecule has 1 aliphatic carbocycles. The van der Waals surface area contributed by atoms with E-state index in [0.717, 1.165) is 5.56 Å². The lowest BCUT2D eigenvalue weighted by Crippen LogP contribution is -2.49. The first-order chi connectivity index (χ1) is 8.11. The van der Waals surface area contributed by atoms with Crippen LogP contribution in [0.5, 0.6) is 11.5 Å². The maximum Gasteiger partial charge on any atom is 0.161 e. The molecule has 0 unspecified atom stereocenters. The number of phenolic OH excluding ortho intramolecular Hbond substituents is 1. The Morgan fingerprint density at radius 2 is 2.18 bits per heavy atom. The molecule has 1 aromatic carbocycles. The van der Waals surface area contributed by atoms with Crippen LogP contribution in [0, 0.1) is 0 Å². The third-order valence-corrected chi connectivity index (χ3v) is 3.52. The lowest BCUT2D eigenvalue weighted by atomic mass is 9.63. The summed E-state index contributed by atoms with van der Waals surface area (Å²) in [6, 6.07) is 5.32. The van der Waals surface area contributed by atoms with E-state index in [1.807, 2.05) is 19.1 Å². The van der Waals surface area contributed by atoms with Gasteiger partial charge in [0, 0.05) is 12.0 Å². The number of ether oxygens (including phenoxy) is 1. The molecule has 2 rings (SSSR count). The topological polar surface area (TPSA) is 75.7 Å². The minimum Gasteiger partial charge on any atom is -0.504 e. The molecule has 0 bridgehead atoms. The van der Waals surface area contributed by atoms with E-state index in [2.05, 4.69) is 0 Å². The van der Waals surface area contributed by atoms with Crippen LogP contribution in [0.1, 0.15) is 25.3 Å². The Morgan fingerprint density at radius 1 is 1.47 bits per heavy atom. The first kappa shape index (κ1) is 12.2. The molecule has 4 heteroatoms. The molecular formula is C13H19NO3. The number of hydrogen-bond acceptors (Lipinski definition) is 4. The molecule has 94 valence electrons. The minimum atomic E-state index is -0.261. The molecule has 1 fully saturated rings. The van der Waals surface area contributed by atoms with Gasteiger partial charge in [-0.2, -0.15) is 0 Å². The largest absolute Gasteiger partial charge is 0.504 e. The van der Waals surface area contributed by atoms with Crippen LogP contribution in [0.4, 0.5) is 0 Å². The third kappa shape index (κ3) is 2.10. The van der Waals surface area contributed by atoms with E-state index in [1.54, 1.807) is 6.07 Å². The van der Waals surface area contributed by atoms with Gasteiger partial charge in [0.15, 0.2) is 11.5 Å². The molecule has 0 heterocycles. The lowest BCUT2D eigenvalue weighted by Gasteiger charge is -2.45. The van der Waals surface area contributed by atoms with Crippen molar-refractivity contribution >= 4 is 0 Å². The van der Waals surface area contributed by atoms with Crippen molar-refractivity contribution in [2.75, 3.05) is 13.2 Å². The molecule has 0 atom stereocenters. The molecule has 1 saturated carbocycles. The highest BCUT2D eigenvalue weighted by Gasteiger charge is 2.44. The zero-order valence-corrected chi connectivity index (χ0v) is 10.0. The molecule has 4 N–H and O–H groups in total. The quantitative estimate of drug-likeness (QED) is 0.734. The fourth-order valence-electron chi connectivity index (χ4n) is 2.48. The zero-order valence-electron chi connectivity index (χ0n) is 10.0. The van der Waals surface area contributed by atoms with Crippen molar-refractivity contribution in [3.05, 3.63) is 23.8 Å². The van der Waals surface area contributed by atoms with Gasteiger partial charge in [0.05, 0.1) is 12.7 Å². The fourth-order valence-corrected chi connectivity index (χ4v) is 2.48. The number of aliphatic hydroxyl groups excluding tert-OH is 1. The van der Waals surface area contributed by atoms with Crippen molar-refractivity contribution in [1.82, 2.24) is 0 Å². The average molecular weight is 237 g/mol. The fraction of sp³-hybridized carbons (Fsp3) is 0.538. The zero-order chi connectivity index (χ0) is 12.5. The molecule has 1 aliphatic rings. The van der Waals surface area contributed by atoms with Gasteiger partial charge in [-0.15, -0.1) is 0 Å². The first-order valence-corrected chi connectivity index (χ1v) is 5.96. The molecule has 0 aliphatic heterocycles. The van der Waals surface area contributed by atoms with Gasteiger partial charge in [-0.1, -0.05) is 6.07 Å². The predicted octanol–water partition coefficient (Wildman–Crippen LogP) is 1.14. The Hall–Kier alpha value is -1.26. The van der Waals surface area contributed by atoms with Gasteiger partial charge in [-0.25, -0.2) is 0 Å². The summed E-state index contributed by atoms with van der Waals surface area (Å²) >= 11 is 0. The summed E-state index contributed by atoms with van der Waals surface area (Å²) in [5, 5.41) is 19.1. The summed E-state index contributed by atoms with van der Waals surface area (Å²) in [5.41, 5.74) is 6.69. The summed E-state index contributed by atoms with van der Waals surface area (Å²) in [5.74, 6) is 0.627.